The van der Waals surface area contributed by atoms with Gasteiger partial charge in [-0.1, -0.05) is 0 Å². The highest BCUT2D eigenvalue weighted by atomic mass is 16.5. The van der Waals surface area contributed by atoms with Crippen molar-refractivity contribution in [1.82, 2.24) is 25.1 Å². The topological polar surface area (TPSA) is 110 Å². The summed E-state index contributed by atoms with van der Waals surface area (Å²) in [6, 6.07) is 10.9. The summed E-state index contributed by atoms with van der Waals surface area (Å²) in [4.78, 5) is 15.0. The van der Waals surface area contributed by atoms with Crippen LogP contribution in [0.4, 0.5) is 0 Å². The molecule has 0 aliphatic carbocycles. The molecular weight excluding hydrogens is 454 g/mol. The third-order valence-corrected chi connectivity index (χ3v) is 5.71. The van der Waals surface area contributed by atoms with Crippen molar-refractivity contribution in [3.63, 3.8) is 0 Å². The molecule has 186 valence electrons. The van der Waals surface area contributed by atoms with Gasteiger partial charge in [-0.2, -0.15) is 0 Å². The summed E-state index contributed by atoms with van der Waals surface area (Å²) in [5, 5.41) is 11.1. The van der Waals surface area contributed by atoms with Gasteiger partial charge < -0.3 is 28.6 Å². The molecule has 0 radical (unpaired) electrons. The lowest BCUT2D eigenvalue weighted by Gasteiger charge is -2.26. The van der Waals surface area contributed by atoms with Gasteiger partial charge in [0.25, 0.3) is 5.91 Å². The molecule has 1 unspecified atom stereocenters. The van der Waals surface area contributed by atoms with Crippen molar-refractivity contribution >= 4 is 5.91 Å². The smallest absolute Gasteiger partial charge is 0.260 e. The summed E-state index contributed by atoms with van der Waals surface area (Å²) >= 11 is 0. The Kier molecular flexibility index (Phi) is 7.99. The van der Waals surface area contributed by atoms with E-state index in [1.54, 1.807) is 38.4 Å². The van der Waals surface area contributed by atoms with E-state index in [9.17, 15) is 4.79 Å². The minimum Gasteiger partial charge on any atom is -0.493 e. The fraction of sp³-hybridized carbons (Fsp3) is 0.417. The molecule has 1 atom stereocenters. The minimum absolute atomic E-state index is 0.00318. The summed E-state index contributed by atoms with van der Waals surface area (Å²) < 4.78 is 29.5. The number of aromatic nitrogens is 4. The molecule has 11 heteroatoms. The van der Waals surface area contributed by atoms with Crippen LogP contribution in [0, 0.1) is 0 Å². The van der Waals surface area contributed by atoms with E-state index in [-0.39, 0.29) is 18.6 Å². The van der Waals surface area contributed by atoms with Crippen molar-refractivity contribution in [3.05, 3.63) is 48.3 Å². The molecule has 2 aromatic carbocycles. The number of benzene rings is 2. The molecule has 11 nitrogen and oxygen atoms in total. The molecular formula is C24H29N5O6. The molecule has 1 fully saturated rings. The van der Waals surface area contributed by atoms with Crippen LogP contribution in [-0.4, -0.2) is 78.2 Å². The van der Waals surface area contributed by atoms with Crippen LogP contribution in [0.1, 0.15) is 18.4 Å². The van der Waals surface area contributed by atoms with Gasteiger partial charge in [0.15, 0.2) is 18.1 Å². The number of tetrazole rings is 1. The highest BCUT2D eigenvalue weighted by molar-refractivity contribution is 5.78. The maximum Gasteiger partial charge on any atom is 0.260 e. The first-order chi connectivity index (χ1) is 17.1. The van der Waals surface area contributed by atoms with Crippen LogP contribution in [0.3, 0.4) is 0 Å². The summed E-state index contributed by atoms with van der Waals surface area (Å²) in [7, 11) is 4.68. The maximum atomic E-state index is 13.2. The Bertz CT molecular complexity index is 1080. The van der Waals surface area contributed by atoms with Gasteiger partial charge in [0.2, 0.25) is 5.75 Å². The van der Waals surface area contributed by atoms with Crippen molar-refractivity contribution < 1.29 is 28.5 Å². The molecule has 1 aliphatic rings. The normalized spacial score (nSPS) is 15.0. The Labute approximate surface area is 203 Å². The number of hydrogen-bond donors (Lipinski definition) is 0. The largest absolute Gasteiger partial charge is 0.493 e. The lowest BCUT2D eigenvalue weighted by molar-refractivity contribution is -0.135. The fourth-order valence-corrected chi connectivity index (χ4v) is 3.95. The van der Waals surface area contributed by atoms with Crippen LogP contribution in [-0.2, 0) is 16.1 Å². The predicted octanol–water partition coefficient (Wildman–Crippen LogP) is 2.27. The zero-order valence-electron chi connectivity index (χ0n) is 20.0. The molecule has 3 aromatic rings. The number of rotatable bonds is 11. The number of amides is 1. The second-order valence-corrected chi connectivity index (χ2v) is 7.98. The highest BCUT2D eigenvalue weighted by Gasteiger charge is 2.24. The van der Waals surface area contributed by atoms with E-state index in [1.165, 1.54) is 11.0 Å². The minimum atomic E-state index is -0.154. The Morgan fingerprint density at radius 3 is 2.43 bits per heavy atom. The van der Waals surface area contributed by atoms with E-state index in [1.807, 2.05) is 24.3 Å². The molecule has 1 aromatic heterocycles. The van der Waals surface area contributed by atoms with Gasteiger partial charge in [-0.3, -0.25) is 4.79 Å². The Morgan fingerprint density at radius 2 is 1.86 bits per heavy atom. The predicted molar refractivity (Wildman–Crippen MR) is 125 cm³/mol. The Hall–Kier alpha value is -3.86. The molecule has 0 bridgehead atoms. The summed E-state index contributed by atoms with van der Waals surface area (Å²) in [6.07, 6.45) is 3.40. The van der Waals surface area contributed by atoms with Crippen molar-refractivity contribution in [1.29, 1.82) is 0 Å². The summed E-state index contributed by atoms with van der Waals surface area (Å²) in [5.74, 6) is 1.98. The Morgan fingerprint density at radius 1 is 1.11 bits per heavy atom. The zero-order valence-corrected chi connectivity index (χ0v) is 20.0. The van der Waals surface area contributed by atoms with Crippen LogP contribution < -0.4 is 18.9 Å². The molecule has 1 aliphatic heterocycles. The van der Waals surface area contributed by atoms with E-state index in [0.29, 0.717) is 42.7 Å². The van der Waals surface area contributed by atoms with Gasteiger partial charge in [-0.05, 0) is 65.2 Å². The maximum absolute atomic E-state index is 13.2. The molecule has 35 heavy (non-hydrogen) atoms. The van der Waals surface area contributed by atoms with Crippen LogP contribution in [0.15, 0.2) is 42.7 Å². The van der Waals surface area contributed by atoms with Crippen molar-refractivity contribution in [2.24, 2.45) is 0 Å². The fourth-order valence-electron chi connectivity index (χ4n) is 3.95. The summed E-state index contributed by atoms with van der Waals surface area (Å²) in [6.45, 7) is 1.41. The highest BCUT2D eigenvalue weighted by Crippen LogP contribution is 2.38. The van der Waals surface area contributed by atoms with Crippen molar-refractivity contribution in [3.8, 4) is 28.7 Å². The molecule has 1 amide bonds. The van der Waals surface area contributed by atoms with Gasteiger partial charge in [0.1, 0.15) is 12.1 Å². The van der Waals surface area contributed by atoms with E-state index in [2.05, 4.69) is 15.5 Å². The monoisotopic (exact) mass is 483 g/mol. The van der Waals surface area contributed by atoms with E-state index in [4.69, 9.17) is 23.7 Å². The molecule has 2 heterocycles. The first kappa shape index (κ1) is 24.3. The number of carbonyl (C=O) groups is 1. The second kappa shape index (κ2) is 11.5. The molecule has 0 saturated carbocycles. The number of carbonyl (C=O) groups excluding carboxylic acids is 1. The molecule has 0 spiro atoms. The van der Waals surface area contributed by atoms with Crippen molar-refractivity contribution in [2.75, 3.05) is 41.1 Å². The molecule has 1 saturated heterocycles. The van der Waals surface area contributed by atoms with E-state index in [0.717, 1.165) is 24.1 Å². The van der Waals surface area contributed by atoms with Crippen LogP contribution in [0.25, 0.3) is 5.69 Å². The van der Waals surface area contributed by atoms with Gasteiger partial charge in [0.05, 0.1) is 33.1 Å². The number of ether oxygens (including phenoxy) is 5. The van der Waals surface area contributed by atoms with Gasteiger partial charge in [-0.15, -0.1) is 5.10 Å². The SMILES string of the molecule is COc1cc(CN(CC2CCCO2)C(=O)COc2ccc(-n3cnnn3)cc2)cc(OC)c1OC. The van der Waals surface area contributed by atoms with Crippen molar-refractivity contribution in [2.45, 2.75) is 25.5 Å². The third kappa shape index (κ3) is 5.99. The lowest BCUT2D eigenvalue weighted by Crippen LogP contribution is -2.39. The quantitative estimate of drug-likeness (QED) is 0.406. The van der Waals surface area contributed by atoms with Gasteiger partial charge >= 0.3 is 0 Å². The lowest BCUT2D eigenvalue weighted by atomic mass is 10.1. The molecule has 4 rings (SSSR count). The van der Waals surface area contributed by atoms with Gasteiger partial charge in [-0.25, -0.2) is 4.68 Å². The average Bonchev–Trinajstić information content (AvgIpc) is 3.61. The first-order valence-corrected chi connectivity index (χ1v) is 11.3. The molecule has 0 N–H and O–H groups in total. The average molecular weight is 484 g/mol. The van der Waals surface area contributed by atoms with Crippen LogP contribution in [0.5, 0.6) is 23.0 Å². The standard InChI is InChI=1S/C24H29N5O6/c1-31-21-11-17(12-22(32-2)24(21)33-3)13-28(14-20-5-4-10-34-20)23(30)15-35-19-8-6-18(7-9-19)29-16-25-26-27-29/h6-9,11-12,16,20H,4-5,10,13-15H2,1-3H3. The first-order valence-electron chi connectivity index (χ1n) is 11.3. The number of methoxy groups -OCH3 is 3. The second-order valence-electron chi connectivity index (χ2n) is 7.98. The zero-order chi connectivity index (χ0) is 24.6. The van der Waals surface area contributed by atoms with E-state index >= 15 is 0 Å². The van der Waals surface area contributed by atoms with E-state index < -0.39 is 0 Å². The van der Waals surface area contributed by atoms with Crippen LogP contribution >= 0.6 is 0 Å². The Balaban J connectivity index is 1.46. The number of nitrogens with zero attached hydrogens (tertiary/aromatic N) is 5. The van der Waals surface area contributed by atoms with Gasteiger partial charge in [0, 0.05) is 19.7 Å². The van der Waals surface area contributed by atoms with Crippen LogP contribution in [0.2, 0.25) is 0 Å². The summed E-state index contributed by atoms with van der Waals surface area (Å²) in [5.41, 5.74) is 1.63. The number of hydrogen-bond acceptors (Lipinski definition) is 9. The third-order valence-electron chi connectivity index (χ3n) is 5.71.